The number of hydrazone groups is 1. The van der Waals surface area contributed by atoms with Crippen LogP contribution in [0.15, 0.2) is 58.3 Å². The summed E-state index contributed by atoms with van der Waals surface area (Å²) in [6, 6.07) is 0.846. The number of hydrogen-bond acceptors (Lipinski definition) is 8. The fourth-order valence-corrected chi connectivity index (χ4v) is 6.06. The number of nitrogens with one attached hydrogen (secondary N) is 2. The molecule has 1 saturated heterocycles. The normalized spacial score (nSPS) is 21.8. The summed E-state index contributed by atoms with van der Waals surface area (Å²) < 4.78 is 5.71. The Morgan fingerprint density at radius 2 is 2.07 bits per heavy atom. The van der Waals surface area contributed by atoms with Crippen molar-refractivity contribution >= 4 is 30.8 Å². The highest BCUT2D eigenvalue weighted by atomic mass is 32.2. The molecule has 4 unspecified atom stereocenters. The SMILES string of the molecule is C=NC(CC/C=C(\CN1CC(CCCC)CC1C)C(C)NSN(C)/C=C/C=C\C=N)N1CC=CCC(CCCC)=N1. The number of hydrogen-bond donors (Lipinski definition) is 2. The van der Waals surface area contributed by atoms with Gasteiger partial charge in [0, 0.05) is 68.9 Å². The maximum atomic E-state index is 7.11. The summed E-state index contributed by atoms with van der Waals surface area (Å²) in [5.41, 5.74) is 2.69. The third-order valence-corrected chi connectivity index (χ3v) is 8.84. The van der Waals surface area contributed by atoms with Crippen LogP contribution in [0.1, 0.15) is 91.9 Å². The van der Waals surface area contributed by atoms with E-state index in [-0.39, 0.29) is 12.2 Å². The number of rotatable bonds is 20. The van der Waals surface area contributed by atoms with Gasteiger partial charge in [0.25, 0.3) is 0 Å². The van der Waals surface area contributed by atoms with Crippen molar-refractivity contribution in [3.8, 4) is 0 Å². The van der Waals surface area contributed by atoms with Gasteiger partial charge in [-0.15, -0.1) is 0 Å². The Kier molecular flexibility index (Phi) is 17.7. The van der Waals surface area contributed by atoms with E-state index in [1.165, 1.54) is 62.6 Å². The molecule has 7 nitrogen and oxygen atoms in total. The zero-order chi connectivity index (χ0) is 29.9. The van der Waals surface area contributed by atoms with Gasteiger partial charge in [-0.1, -0.05) is 57.4 Å². The van der Waals surface area contributed by atoms with Gasteiger partial charge in [-0.2, -0.15) is 5.10 Å². The van der Waals surface area contributed by atoms with E-state index >= 15 is 0 Å². The smallest absolute Gasteiger partial charge is 0.136 e. The molecule has 41 heavy (non-hydrogen) atoms. The van der Waals surface area contributed by atoms with E-state index in [0.717, 1.165) is 44.7 Å². The Hall–Kier alpha value is -2.16. The molecular formula is C33H57N7S. The fraction of sp³-hybridized carbons (Fsp3) is 0.667. The van der Waals surface area contributed by atoms with E-state index in [9.17, 15) is 0 Å². The summed E-state index contributed by atoms with van der Waals surface area (Å²) in [4.78, 5) is 7.19. The van der Waals surface area contributed by atoms with E-state index in [2.05, 4.69) is 76.6 Å². The minimum Gasteiger partial charge on any atom is -0.313 e. The summed E-state index contributed by atoms with van der Waals surface area (Å²) in [5.74, 6) is 0.819. The lowest BCUT2D eigenvalue weighted by molar-refractivity contribution is 0.224. The van der Waals surface area contributed by atoms with Crippen molar-refractivity contribution in [1.29, 1.82) is 5.41 Å². The van der Waals surface area contributed by atoms with E-state index in [1.807, 2.05) is 25.4 Å². The lowest BCUT2D eigenvalue weighted by Gasteiger charge is -2.28. The Balaban J connectivity index is 2.09. The van der Waals surface area contributed by atoms with Crippen LogP contribution in [0.3, 0.4) is 0 Å². The average Bonchev–Trinajstić information content (AvgIpc) is 3.15. The van der Waals surface area contributed by atoms with Crippen LogP contribution in [0.5, 0.6) is 0 Å². The third kappa shape index (κ3) is 13.6. The molecule has 0 aromatic heterocycles. The standard InChI is InChI=1S/C33H57N7S/c1-7-9-17-30-25-28(3)39(26-30)27-31(29(4)37-41-38(6)23-14-11-13-22-34)18-16-21-33(35-5)40-24-15-12-20-32(36-40)19-10-8-2/h11-15,18,22-23,28-30,33-34,37H,5,7-10,16-17,19-21,24-27H2,1-4,6H3/b13-11-,23-14+,31-18+,34-22?. The highest BCUT2D eigenvalue weighted by molar-refractivity contribution is 7.95. The minimum atomic E-state index is -0.0149. The summed E-state index contributed by atoms with van der Waals surface area (Å²) in [6.07, 6.45) is 27.2. The zero-order valence-electron chi connectivity index (χ0n) is 26.5. The van der Waals surface area contributed by atoms with Crippen molar-refractivity contribution in [2.45, 2.75) is 110 Å². The van der Waals surface area contributed by atoms with Crippen LogP contribution in [0.2, 0.25) is 0 Å². The molecule has 0 bridgehead atoms. The third-order valence-electron chi connectivity index (χ3n) is 7.97. The van der Waals surface area contributed by atoms with E-state index in [1.54, 1.807) is 18.2 Å². The van der Waals surface area contributed by atoms with Crippen molar-refractivity contribution in [1.82, 2.24) is 18.9 Å². The molecule has 0 aliphatic carbocycles. The second-order valence-corrected chi connectivity index (χ2v) is 12.5. The maximum absolute atomic E-state index is 7.11. The van der Waals surface area contributed by atoms with Crippen LogP contribution < -0.4 is 4.72 Å². The molecular weight excluding hydrogens is 526 g/mol. The quantitative estimate of drug-likeness (QED) is 0.0668. The molecule has 4 atom stereocenters. The van der Waals surface area contributed by atoms with Gasteiger partial charge >= 0.3 is 0 Å². The largest absolute Gasteiger partial charge is 0.313 e. The number of nitrogens with zero attached hydrogens (tertiary/aromatic N) is 5. The highest BCUT2D eigenvalue weighted by Gasteiger charge is 2.29. The van der Waals surface area contributed by atoms with Crippen LogP contribution in [0.4, 0.5) is 0 Å². The maximum Gasteiger partial charge on any atom is 0.136 e. The summed E-state index contributed by atoms with van der Waals surface area (Å²) in [6.45, 7) is 16.1. The van der Waals surface area contributed by atoms with Gasteiger partial charge in [0.05, 0.1) is 6.54 Å². The fourth-order valence-electron chi connectivity index (χ4n) is 5.45. The van der Waals surface area contributed by atoms with Gasteiger partial charge in [0.15, 0.2) is 0 Å². The summed E-state index contributed by atoms with van der Waals surface area (Å²) in [5, 5.41) is 14.3. The van der Waals surface area contributed by atoms with Crippen molar-refractivity contribution in [2.75, 3.05) is 26.7 Å². The van der Waals surface area contributed by atoms with Gasteiger partial charge < -0.3 is 9.71 Å². The summed E-state index contributed by atoms with van der Waals surface area (Å²) in [7, 11) is 2.04. The topological polar surface area (TPSA) is 70.3 Å². The summed E-state index contributed by atoms with van der Waals surface area (Å²) >= 11 is 1.60. The van der Waals surface area contributed by atoms with Crippen molar-refractivity contribution in [2.24, 2.45) is 16.0 Å². The van der Waals surface area contributed by atoms with Crippen LogP contribution in [-0.4, -0.2) is 77.8 Å². The molecule has 0 spiro atoms. The molecule has 230 valence electrons. The monoisotopic (exact) mass is 583 g/mol. The Morgan fingerprint density at radius 3 is 2.80 bits per heavy atom. The number of unbranched alkanes of at least 4 members (excludes halogenated alkanes) is 2. The first-order valence-electron chi connectivity index (χ1n) is 15.8. The second-order valence-electron chi connectivity index (χ2n) is 11.5. The molecule has 2 aliphatic heterocycles. The van der Waals surface area contributed by atoms with E-state index in [0.29, 0.717) is 6.04 Å². The van der Waals surface area contributed by atoms with Crippen LogP contribution in [-0.2, 0) is 0 Å². The van der Waals surface area contributed by atoms with Gasteiger partial charge in [-0.3, -0.25) is 14.9 Å². The van der Waals surface area contributed by atoms with Gasteiger partial charge in [-0.25, -0.2) is 4.72 Å². The Morgan fingerprint density at radius 1 is 1.27 bits per heavy atom. The molecule has 2 rings (SSSR count). The predicted molar refractivity (Wildman–Crippen MR) is 182 cm³/mol. The number of aliphatic imine (C=N–C) groups is 1. The molecule has 1 fully saturated rings. The number of likely N-dealkylation sites (tertiary alicyclic amines) is 1. The molecule has 8 heteroatoms. The molecule has 0 amide bonds. The van der Waals surface area contributed by atoms with E-state index in [4.69, 9.17) is 10.5 Å². The first kappa shape index (κ1) is 35.0. The zero-order valence-corrected chi connectivity index (χ0v) is 27.3. The Bertz CT molecular complexity index is 909. The minimum absolute atomic E-state index is 0.0149. The highest BCUT2D eigenvalue weighted by Crippen LogP contribution is 2.28. The first-order chi connectivity index (χ1) is 19.9. The van der Waals surface area contributed by atoms with Gasteiger partial charge in [0.1, 0.15) is 6.17 Å². The lowest BCUT2D eigenvalue weighted by atomic mass is 10.00. The molecule has 2 aliphatic rings. The lowest BCUT2D eigenvalue weighted by Crippen LogP contribution is -2.35. The molecule has 0 aromatic rings. The first-order valence-corrected chi connectivity index (χ1v) is 16.5. The molecule has 2 heterocycles. The van der Waals surface area contributed by atoms with E-state index < -0.39 is 0 Å². The Labute approximate surface area is 255 Å². The van der Waals surface area contributed by atoms with Crippen LogP contribution >= 0.6 is 12.1 Å². The second kappa shape index (κ2) is 20.7. The van der Waals surface area contributed by atoms with Crippen molar-refractivity contribution in [3.63, 3.8) is 0 Å². The van der Waals surface area contributed by atoms with Gasteiger partial charge in [-0.05, 0) is 82.7 Å². The predicted octanol–water partition coefficient (Wildman–Crippen LogP) is 7.62. The molecule has 0 aromatic carbocycles. The van der Waals surface area contributed by atoms with Crippen molar-refractivity contribution in [3.05, 3.63) is 48.2 Å². The van der Waals surface area contributed by atoms with Crippen LogP contribution in [0.25, 0.3) is 0 Å². The van der Waals surface area contributed by atoms with Gasteiger partial charge in [0.2, 0.25) is 0 Å². The molecule has 0 saturated carbocycles. The number of allylic oxidation sites excluding steroid dienone is 5. The van der Waals surface area contributed by atoms with Crippen LogP contribution in [0, 0.1) is 11.3 Å². The molecule has 0 radical (unpaired) electrons. The molecule has 2 N–H and O–H groups in total. The van der Waals surface area contributed by atoms with Crippen molar-refractivity contribution < 1.29 is 0 Å². The average molecular weight is 584 g/mol.